The van der Waals surface area contributed by atoms with Gasteiger partial charge in [-0.2, -0.15) is 0 Å². The number of rotatable bonds is 6. The van der Waals surface area contributed by atoms with E-state index in [2.05, 4.69) is 28.7 Å². The molecule has 0 unspecified atom stereocenters. The summed E-state index contributed by atoms with van der Waals surface area (Å²) in [5.74, 6) is 6.80. The molecule has 0 aliphatic heterocycles. The maximum atomic E-state index is 11.6. The highest BCUT2D eigenvalue weighted by atomic mass is 16.5. The third-order valence-corrected chi connectivity index (χ3v) is 4.22. The van der Waals surface area contributed by atoms with Crippen molar-refractivity contribution >= 4 is 16.7 Å². The summed E-state index contributed by atoms with van der Waals surface area (Å²) in [7, 11) is 1.37. The van der Waals surface area contributed by atoms with E-state index in [1.54, 1.807) is 24.5 Å². The van der Waals surface area contributed by atoms with Crippen LogP contribution in [-0.4, -0.2) is 29.7 Å². The summed E-state index contributed by atoms with van der Waals surface area (Å²) in [5.41, 5.74) is 1.38. The highest BCUT2D eigenvalue weighted by Gasteiger charge is 2.05. The largest absolute Gasteiger partial charge is 0.490 e. The second-order valence-corrected chi connectivity index (χ2v) is 6.32. The summed E-state index contributed by atoms with van der Waals surface area (Å²) in [6.07, 6.45) is 6.65. The molecule has 0 saturated heterocycles. The van der Waals surface area contributed by atoms with E-state index >= 15 is 0 Å². The van der Waals surface area contributed by atoms with Crippen molar-refractivity contribution in [2.75, 3.05) is 13.7 Å². The fourth-order valence-corrected chi connectivity index (χ4v) is 2.69. The predicted octanol–water partition coefficient (Wildman–Crippen LogP) is 4.39. The van der Waals surface area contributed by atoms with Crippen molar-refractivity contribution in [2.24, 2.45) is 0 Å². The predicted molar refractivity (Wildman–Crippen MR) is 108 cm³/mol. The van der Waals surface area contributed by atoms with E-state index in [1.807, 2.05) is 24.3 Å². The van der Waals surface area contributed by atoms with Crippen LogP contribution >= 0.6 is 0 Å². The summed E-state index contributed by atoms with van der Waals surface area (Å²) < 4.78 is 10.4. The van der Waals surface area contributed by atoms with Gasteiger partial charge < -0.3 is 9.47 Å². The number of carbonyl (C=O) groups excluding carboxylic acids is 1. The maximum Gasteiger partial charge on any atom is 0.337 e. The molecule has 3 rings (SSSR count). The first-order valence-corrected chi connectivity index (χ1v) is 9.28. The van der Waals surface area contributed by atoms with Gasteiger partial charge >= 0.3 is 5.97 Å². The van der Waals surface area contributed by atoms with Gasteiger partial charge in [-0.1, -0.05) is 37.8 Å². The van der Waals surface area contributed by atoms with Crippen molar-refractivity contribution in [3.8, 4) is 17.6 Å². The highest BCUT2D eigenvalue weighted by Crippen LogP contribution is 2.18. The number of esters is 1. The summed E-state index contributed by atoms with van der Waals surface area (Å²) in [4.78, 5) is 20.1. The number of hydrogen-bond donors (Lipinski definition) is 0. The third kappa shape index (κ3) is 5.08. The van der Waals surface area contributed by atoms with Gasteiger partial charge in [-0.15, -0.1) is 0 Å². The van der Waals surface area contributed by atoms with Gasteiger partial charge in [-0.05, 0) is 47.4 Å². The Hall–Kier alpha value is -3.39. The van der Waals surface area contributed by atoms with Gasteiger partial charge in [0.2, 0.25) is 5.82 Å². The molecular weight excluding hydrogens is 352 g/mol. The second kappa shape index (κ2) is 9.52. The quantitative estimate of drug-likeness (QED) is 0.364. The monoisotopic (exact) mass is 374 g/mol. The SMILES string of the molecule is CCCCCOc1cnc(C#Cc2ccc3cc(C(=O)OC)ccc3c2)nc1. The lowest BCUT2D eigenvalue weighted by Gasteiger charge is -2.04. The molecule has 0 saturated carbocycles. The molecule has 3 aromatic rings. The molecule has 2 aromatic carbocycles. The van der Waals surface area contributed by atoms with Crippen LogP contribution in [0.25, 0.3) is 10.8 Å². The normalized spacial score (nSPS) is 10.2. The lowest BCUT2D eigenvalue weighted by Crippen LogP contribution is -2.00. The van der Waals surface area contributed by atoms with Crippen LogP contribution in [-0.2, 0) is 4.74 Å². The Labute approximate surface area is 164 Å². The van der Waals surface area contributed by atoms with Gasteiger partial charge in [0.25, 0.3) is 0 Å². The lowest BCUT2D eigenvalue weighted by molar-refractivity contribution is 0.0601. The lowest BCUT2D eigenvalue weighted by atomic mass is 10.0. The zero-order chi connectivity index (χ0) is 19.8. The van der Waals surface area contributed by atoms with E-state index < -0.39 is 0 Å². The minimum atomic E-state index is -0.347. The zero-order valence-corrected chi connectivity index (χ0v) is 16.1. The van der Waals surface area contributed by atoms with Gasteiger partial charge in [0.05, 0.1) is 31.7 Å². The fraction of sp³-hybridized carbons (Fsp3) is 0.261. The Morgan fingerprint density at radius 3 is 2.50 bits per heavy atom. The molecule has 28 heavy (non-hydrogen) atoms. The van der Waals surface area contributed by atoms with Gasteiger partial charge in [0, 0.05) is 5.56 Å². The van der Waals surface area contributed by atoms with E-state index in [0.29, 0.717) is 23.7 Å². The number of carbonyl (C=O) groups is 1. The third-order valence-electron chi connectivity index (χ3n) is 4.22. The molecule has 5 nitrogen and oxygen atoms in total. The number of aromatic nitrogens is 2. The minimum Gasteiger partial charge on any atom is -0.490 e. The van der Waals surface area contributed by atoms with E-state index in [0.717, 1.165) is 35.6 Å². The van der Waals surface area contributed by atoms with Crippen LogP contribution in [0.3, 0.4) is 0 Å². The van der Waals surface area contributed by atoms with Gasteiger partial charge in [0.15, 0.2) is 5.75 Å². The van der Waals surface area contributed by atoms with Crippen LogP contribution in [0.5, 0.6) is 5.75 Å². The topological polar surface area (TPSA) is 61.3 Å². The molecule has 0 spiro atoms. The fourth-order valence-electron chi connectivity index (χ4n) is 2.69. The summed E-state index contributed by atoms with van der Waals surface area (Å²) in [6.45, 7) is 2.84. The number of fused-ring (bicyclic) bond motifs is 1. The van der Waals surface area contributed by atoms with Gasteiger partial charge in [0.1, 0.15) is 0 Å². The van der Waals surface area contributed by atoms with Crippen molar-refractivity contribution in [3.63, 3.8) is 0 Å². The van der Waals surface area contributed by atoms with Crippen LogP contribution in [0.2, 0.25) is 0 Å². The molecule has 142 valence electrons. The van der Waals surface area contributed by atoms with E-state index in [1.165, 1.54) is 7.11 Å². The molecule has 0 bridgehead atoms. The zero-order valence-electron chi connectivity index (χ0n) is 16.1. The van der Waals surface area contributed by atoms with Crippen molar-refractivity contribution in [2.45, 2.75) is 26.2 Å². The van der Waals surface area contributed by atoms with Crippen molar-refractivity contribution < 1.29 is 14.3 Å². The highest BCUT2D eigenvalue weighted by molar-refractivity contribution is 5.95. The molecule has 0 N–H and O–H groups in total. The van der Waals surface area contributed by atoms with Crippen LogP contribution < -0.4 is 4.74 Å². The van der Waals surface area contributed by atoms with Crippen LogP contribution in [0.4, 0.5) is 0 Å². The Bertz CT molecular complexity index is 1020. The van der Waals surface area contributed by atoms with Crippen LogP contribution in [0.15, 0.2) is 48.8 Å². The number of ether oxygens (including phenoxy) is 2. The minimum absolute atomic E-state index is 0.347. The summed E-state index contributed by atoms with van der Waals surface area (Å²) >= 11 is 0. The van der Waals surface area contributed by atoms with Crippen LogP contribution in [0.1, 0.15) is 47.9 Å². The Kier molecular flexibility index (Phi) is 6.59. The molecule has 0 radical (unpaired) electrons. The Morgan fingerprint density at radius 2 is 1.75 bits per heavy atom. The molecule has 1 aromatic heterocycles. The molecular formula is C23H22N2O3. The van der Waals surface area contributed by atoms with E-state index in [9.17, 15) is 4.79 Å². The first kappa shape index (κ1) is 19.4. The Balaban J connectivity index is 1.69. The molecule has 0 aliphatic rings. The summed E-state index contributed by atoms with van der Waals surface area (Å²) in [5, 5.41) is 1.95. The smallest absolute Gasteiger partial charge is 0.337 e. The van der Waals surface area contributed by atoms with Crippen molar-refractivity contribution in [1.29, 1.82) is 0 Å². The van der Waals surface area contributed by atoms with Crippen molar-refractivity contribution in [1.82, 2.24) is 9.97 Å². The summed E-state index contributed by atoms with van der Waals surface area (Å²) in [6, 6.07) is 11.2. The number of benzene rings is 2. The molecule has 0 amide bonds. The molecule has 5 heteroatoms. The number of nitrogens with zero attached hydrogens (tertiary/aromatic N) is 2. The number of hydrogen-bond acceptors (Lipinski definition) is 5. The standard InChI is InChI=1S/C23H22N2O3/c1-3-4-5-12-28-21-15-24-22(25-16-21)11-7-17-6-8-19-14-20(23(26)27-2)10-9-18(19)13-17/h6,8-10,13-16H,3-5,12H2,1-2H3. The molecule has 1 heterocycles. The number of methoxy groups -OCH3 is 1. The first-order chi connectivity index (χ1) is 13.7. The van der Waals surface area contributed by atoms with Crippen LogP contribution in [0, 0.1) is 11.8 Å². The van der Waals surface area contributed by atoms with Gasteiger partial charge in [-0.25, -0.2) is 14.8 Å². The van der Waals surface area contributed by atoms with E-state index in [4.69, 9.17) is 9.47 Å². The molecule has 0 fully saturated rings. The Morgan fingerprint density at radius 1 is 1.00 bits per heavy atom. The number of unbranched alkanes of at least 4 members (excludes halogenated alkanes) is 2. The van der Waals surface area contributed by atoms with Crippen molar-refractivity contribution in [3.05, 3.63) is 65.7 Å². The average Bonchev–Trinajstić information content (AvgIpc) is 2.75. The average molecular weight is 374 g/mol. The maximum absolute atomic E-state index is 11.6. The molecule has 0 aliphatic carbocycles. The van der Waals surface area contributed by atoms with Gasteiger partial charge in [-0.3, -0.25) is 0 Å². The second-order valence-electron chi connectivity index (χ2n) is 6.32. The first-order valence-electron chi connectivity index (χ1n) is 9.28. The molecule has 0 atom stereocenters. The van der Waals surface area contributed by atoms with E-state index in [-0.39, 0.29) is 5.97 Å².